The lowest BCUT2D eigenvalue weighted by molar-refractivity contribution is -0.119. The SMILES string of the molecule is CCN(CC(F)(F)F)c1c(CNC2CC2)c(C)nn1C. The summed E-state index contributed by atoms with van der Waals surface area (Å²) in [7, 11) is 1.70. The van der Waals surface area contributed by atoms with Crippen molar-refractivity contribution in [2.45, 2.75) is 45.5 Å². The largest absolute Gasteiger partial charge is 0.405 e. The van der Waals surface area contributed by atoms with Crippen molar-refractivity contribution in [3.05, 3.63) is 11.3 Å². The molecule has 4 nitrogen and oxygen atoms in total. The number of rotatable bonds is 6. The number of alkyl halides is 3. The van der Waals surface area contributed by atoms with Gasteiger partial charge in [0, 0.05) is 31.7 Å². The molecule has 0 aliphatic heterocycles. The molecule has 2 rings (SSSR count). The Bertz CT molecular complexity index is 463. The summed E-state index contributed by atoms with van der Waals surface area (Å²) in [6.07, 6.45) is -1.92. The highest BCUT2D eigenvalue weighted by Gasteiger charge is 2.33. The Morgan fingerprint density at radius 3 is 2.55 bits per heavy atom. The Hall–Kier alpha value is -1.24. The van der Waals surface area contributed by atoms with E-state index in [9.17, 15) is 13.2 Å². The van der Waals surface area contributed by atoms with Gasteiger partial charge in [-0.15, -0.1) is 0 Å². The van der Waals surface area contributed by atoms with Crippen LogP contribution >= 0.6 is 0 Å². The lowest BCUT2D eigenvalue weighted by Crippen LogP contribution is -2.36. The van der Waals surface area contributed by atoms with Crippen LogP contribution in [0, 0.1) is 6.92 Å². The van der Waals surface area contributed by atoms with Crippen molar-refractivity contribution in [1.29, 1.82) is 0 Å². The first-order valence-corrected chi connectivity index (χ1v) is 6.89. The van der Waals surface area contributed by atoms with E-state index < -0.39 is 12.7 Å². The summed E-state index contributed by atoms with van der Waals surface area (Å²) in [5.41, 5.74) is 1.65. The summed E-state index contributed by atoms with van der Waals surface area (Å²) in [6.45, 7) is 3.50. The third-order valence-corrected chi connectivity index (χ3v) is 3.51. The van der Waals surface area contributed by atoms with Crippen LogP contribution in [0.5, 0.6) is 0 Å². The Labute approximate surface area is 116 Å². The minimum Gasteiger partial charge on any atom is -0.348 e. The highest BCUT2D eigenvalue weighted by Crippen LogP contribution is 2.28. The molecule has 0 amide bonds. The van der Waals surface area contributed by atoms with Gasteiger partial charge < -0.3 is 10.2 Å². The van der Waals surface area contributed by atoms with Crippen LogP contribution in [0.2, 0.25) is 0 Å². The summed E-state index contributed by atoms with van der Waals surface area (Å²) in [5.74, 6) is 0.565. The molecule has 114 valence electrons. The molecular weight excluding hydrogens is 269 g/mol. The van der Waals surface area contributed by atoms with Gasteiger partial charge in [-0.05, 0) is 26.7 Å². The lowest BCUT2D eigenvalue weighted by atomic mass is 10.2. The van der Waals surface area contributed by atoms with Gasteiger partial charge in [0.15, 0.2) is 0 Å². The Balaban J connectivity index is 2.22. The van der Waals surface area contributed by atoms with Crippen LogP contribution in [-0.2, 0) is 13.6 Å². The standard InChI is InChI=1S/C13H21F3N4/c1-4-20(8-13(14,15)16)12-11(7-17-10-5-6-10)9(2)18-19(12)3/h10,17H,4-8H2,1-3H3. The monoisotopic (exact) mass is 290 g/mol. The van der Waals surface area contributed by atoms with E-state index >= 15 is 0 Å². The smallest absolute Gasteiger partial charge is 0.348 e. The molecule has 1 fully saturated rings. The quantitative estimate of drug-likeness (QED) is 0.873. The van der Waals surface area contributed by atoms with E-state index in [-0.39, 0.29) is 0 Å². The van der Waals surface area contributed by atoms with Crippen LogP contribution < -0.4 is 10.2 Å². The van der Waals surface area contributed by atoms with E-state index in [1.165, 1.54) is 4.90 Å². The van der Waals surface area contributed by atoms with Crippen molar-refractivity contribution in [1.82, 2.24) is 15.1 Å². The van der Waals surface area contributed by atoms with Gasteiger partial charge in [-0.3, -0.25) is 4.68 Å². The molecular formula is C13H21F3N4. The van der Waals surface area contributed by atoms with Gasteiger partial charge in [0.05, 0.1) is 5.69 Å². The second-order valence-corrected chi connectivity index (χ2v) is 5.30. The number of halogens is 3. The van der Waals surface area contributed by atoms with Crippen LogP contribution in [0.1, 0.15) is 31.0 Å². The number of nitrogens with one attached hydrogen (secondary N) is 1. The minimum absolute atomic E-state index is 0.301. The van der Waals surface area contributed by atoms with Gasteiger partial charge in [-0.1, -0.05) is 0 Å². The fourth-order valence-corrected chi connectivity index (χ4v) is 2.38. The molecule has 0 radical (unpaired) electrons. The van der Waals surface area contributed by atoms with Crippen LogP contribution in [0.4, 0.5) is 19.0 Å². The zero-order chi connectivity index (χ0) is 14.9. The summed E-state index contributed by atoms with van der Waals surface area (Å²) in [4.78, 5) is 1.34. The van der Waals surface area contributed by atoms with E-state index in [0.717, 1.165) is 24.1 Å². The Morgan fingerprint density at radius 1 is 1.40 bits per heavy atom. The van der Waals surface area contributed by atoms with E-state index in [2.05, 4.69) is 10.4 Å². The molecule has 7 heteroatoms. The van der Waals surface area contributed by atoms with Crippen molar-refractivity contribution in [3.63, 3.8) is 0 Å². The fourth-order valence-electron chi connectivity index (χ4n) is 2.38. The van der Waals surface area contributed by atoms with E-state index in [1.807, 2.05) is 6.92 Å². The van der Waals surface area contributed by atoms with Gasteiger partial charge in [0.1, 0.15) is 12.4 Å². The van der Waals surface area contributed by atoms with Crippen LogP contribution in [-0.4, -0.2) is 35.1 Å². The summed E-state index contributed by atoms with van der Waals surface area (Å²) in [5, 5.41) is 7.62. The second-order valence-electron chi connectivity index (χ2n) is 5.30. The fraction of sp³-hybridized carbons (Fsp3) is 0.769. The van der Waals surface area contributed by atoms with Crippen molar-refractivity contribution < 1.29 is 13.2 Å². The van der Waals surface area contributed by atoms with Crippen LogP contribution in [0.15, 0.2) is 0 Å². The number of hydrogen-bond donors (Lipinski definition) is 1. The van der Waals surface area contributed by atoms with Crippen molar-refractivity contribution >= 4 is 5.82 Å². The third-order valence-electron chi connectivity index (χ3n) is 3.51. The highest BCUT2D eigenvalue weighted by molar-refractivity contribution is 5.50. The number of aromatic nitrogens is 2. The Kier molecular flexibility index (Phi) is 4.27. The molecule has 1 heterocycles. The molecule has 0 spiro atoms. The number of hydrogen-bond acceptors (Lipinski definition) is 3. The third kappa shape index (κ3) is 3.65. The first-order valence-electron chi connectivity index (χ1n) is 6.89. The van der Waals surface area contributed by atoms with E-state index in [1.54, 1.807) is 18.7 Å². The zero-order valence-corrected chi connectivity index (χ0v) is 12.1. The molecule has 1 aliphatic rings. The molecule has 20 heavy (non-hydrogen) atoms. The molecule has 1 aliphatic carbocycles. The molecule has 1 aromatic rings. The van der Waals surface area contributed by atoms with E-state index in [0.29, 0.717) is 24.9 Å². The maximum atomic E-state index is 12.7. The van der Waals surface area contributed by atoms with Crippen molar-refractivity contribution in [3.8, 4) is 0 Å². The highest BCUT2D eigenvalue weighted by atomic mass is 19.4. The Morgan fingerprint density at radius 2 is 2.05 bits per heavy atom. The van der Waals surface area contributed by atoms with Crippen LogP contribution in [0.3, 0.4) is 0 Å². The molecule has 1 aromatic heterocycles. The number of anilines is 1. The molecule has 1 saturated carbocycles. The maximum absolute atomic E-state index is 12.7. The van der Waals surface area contributed by atoms with E-state index in [4.69, 9.17) is 0 Å². The summed E-state index contributed by atoms with van der Waals surface area (Å²) < 4.78 is 39.6. The van der Waals surface area contributed by atoms with Gasteiger partial charge in [0.2, 0.25) is 0 Å². The lowest BCUT2D eigenvalue weighted by Gasteiger charge is -2.25. The number of nitrogens with zero attached hydrogens (tertiary/aromatic N) is 3. The first-order chi connectivity index (χ1) is 9.31. The average molecular weight is 290 g/mol. The van der Waals surface area contributed by atoms with Gasteiger partial charge in [-0.2, -0.15) is 18.3 Å². The van der Waals surface area contributed by atoms with Crippen LogP contribution in [0.25, 0.3) is 0 Å². The minimum atomic E-state index is -4.21. The summed E-state index contributed by atoms with van der Waals surface area (Å²) in [6, 6.07) is 0.514. The van der Waals surface area contributed by atoms with Gasteiger partial charge in [0.25, 0.3) is 0 Å². The predicted octanol–water partition coefficient (Wildman–Crippen LogP) is 2.37. The second kappa shape index (κ2) is 5.63. The van der Waals surface area contributed by atoms with Gasteiger partial charge >= 0.3 is 6.18 Å². The summed E-state index contributed by atoms with van der Waals surface area (Å²) >= 11 is 0. The average Bonchev–Trinajstić information content (AvgIpc) is 3.10. The maximum Gasteiger partial charge on any atom is 0.405 e. The topological polar surface area (TPSA) is 33.1 Å². The molecule has 0 unspecified atom stereocenters. The molecule has 0 bridgehead atoms. The molecule has 0 saturated heterocycles. The molecule has 0 aromatic carbocycles. The normalized spacial score (nSPS) is 15.7. The van der Waals surface area contributed by atoms with Crippen molar-refractivity contribution in [2.24, 2.45) is 7.05 Å². The number of aryl methyl sites for hydroxylation is 2. The zero-order valence-electron chi connectivity index (χ0n) is 12.1. The molecule has 1 N–H and O–H groups in total. The van der Waals surface area contributed by atoms with Crippen molar-refractivity contribution in [2.75, 3.05) is 18.0 Å². The predicted molar refractivity (Wildman–Crippen MR) is 71.7 cm³/mol. The van der Waals surface area contributed by atoms with Gasteiger partial charge in [-0.25, -0.2) is 0 Å². The molecule has 0 atom stereocenters. The first kappa shape index (κ1) is 15.2.